The molecule has 0 heterocycles. The zero-order valence-corrected chi connectivity index (χ0v) is 6.46. The molecule has 0 rings (SSSR count). The fourth-order valence-corrected chi connectivity index (χ4v) is 0.519. The molecule has 0 aliphatic heterocycles. The molecule has 0 aromatic rings. The molecule has 2 amide bonds. The van der Waals surface area contributed by atoms with Crippen molar-refractivity contribution in [2.75, 3.05) is 6.54 Å². The number of allylic oxidation sites excluding steroid dienone is 1. The van der Waals surface area contributed by atoms with Crippen molar-refractivity contribution < 1.29 is 9.59 Å². The summed E-state index contributed by atoms with van der Waals surface area (Å²) < 4.78 is 0. The van der Waals surface area contributed by atoms with E-state index in [1.807, 2.05) is 0 Å². The monoisotopic (exact) mass is 156 g/mol. The molecule has 0 aromatic heterocycles. The van der Waals surface area contributed by atoms with Crippen molar-refractivity contribution in [2.24, 2.45) is 5.73 Å². The van der Waals surface area contributed by atoms with Gasteiger partial charge in [-0.1, -0.05) is 6.08 Å². The fraction of sp³-hybridized carbons (Fsp3) is 0.429. The van der Waals surface area contributed by atoms with Crippen LogP contribution in [-0.4, -0.2) is 18.4 Å². The number of rotatable bonds is 4. The summed E-state index contributed by atoms with van der Waals surface area (Å²) in [5.74, 6) is -0.612. The van der Waals surface area contributed by atoms with E-state index < -0.39 is 5.91 Å². The van der Waals surface area contributed by atoms with Gasteiger partial charge in [-0.3, -0.25) is 9.59 Å². The van der Waals surface area contributed by atoms with Crippen molar-refractivity contribution in [3.05, 3.63) is 12.2 Å². The summed E-state index contributed by atoms with van der Waals surface area (Å²) in [6.45, 7) is 2.05. The summed E-state index contributed by atoms with van der Waals surface area (Å²) in [5, 5.41) is 2.49. The molecule has 0 spiro atoms. The molecule has 0 atom stereocenters. The topological polar surface area (TPSA) is 72.2 Å². The Morgan fingerprint density at radius 1 is 1.55 bits per heavy atom. The molecule has 0 aliphatic rings. The molecule has 62 valence electrons. The molecule has 0 radical (unpaired) electrons. The summed E-state index contributed by atoms with van der Waals surface area (Å²) in [6, 6.07) is 0. The number of nitrogens with one attached hydrogen (secondary N) is 1. The maximum atomic E-state index is 10.7. The minimum Gasteiger partial charge on any atom is -0.370 e. The number of hydrogen-bond donors (Lipinski definition) is 2. The van der Waals surface area contributed by atoms with Gasteiger partial charge in [0, 0.05) is 13.0 Å². The maximum absolute atomic E-state index is 10.7. The Bertz CT molecular complexity index is 175. The van der Waals surface area contributed by atoms with E-state index in [1.54, 1.807) is 13.0 Å². The molecule has 0 bridgehead atoms. The van der Waals surface area contributed by atoms with Gasteiger partial charge in [-0.05, 0) is 13.0 Å². The Kier molecular flexibility index (Phi) is 4.81. The largest absolute Gasteiger partial charge is 0.370 e. The molecule has 4 nitrogen and oxygen atoms in total. The molecule has 0 unspecified atom stereocenters. The second kappa shape index (κ2) is 5.46. The average Bonchev–Trinajstić information content (AvgIpc) is 1.87. The summed E-state index contributed by atoms with van der Waals surface area (Å²) in [6.07, 6.45) is 3.20. The predicted molar refractivity (Wildman–Crippen MR) is 41.6 cm³/mol. The zero-order valence-electron chi connectivity index (χ0n) is 6.46. The molecule has 0 aromatic carbocycles. The van der Waals surface area contributed by atoms with Crippen LogP contribution in [0.3, 0.4) is 0 Å². The van der Waals surface area contributed by atoms with Crippen molar-refractivity contribution in [3.63, 3.8) is 0 Å². The third-order valence-electron chi connectivity index (χ3n) is 0.989. The summed E-state index contributed by atoms with van der Waals surface area (Å²) in [7, 11) is 0. The first-order valence-electron chi connectivity index (χ1n) is 3.35. The van der Waals surface area contributed by atoms with Crippen LogP contribution in [0.2, 0.25) is 0 Å². The fourth-order valence-electron chi connectivity index (χ4n) is 0.519. The van der Waals surface area contributed by atoms with Gasteiger partial charge in [-0.25, -0.2) is 0 Å². The highest BCUT2D eigenvalue weighted by Crippen LogP contribution is 1.75. The Hall–Kier alpha value is -1.32. The van der Waals surface area contributed by atoms with Crippen LogP contribution < -0.4 is 11.1 Å². The SMILES string of the molecule is CC=CC(=O)NCCC(N)=O. The van der Waals surface area contributed by atoms with E-state index in [2.05, 4.69) is 5.32 Å². The van der Waals surface area contributed by atoms with Crippen LogP contribution in [0, 0.1) is 0 Å². The molecule has 0 saturated carbocycles. The number of hydrogen-bond acceptors (Lipinski definition) is 2. The minimum absolute atomic E-state index is 0.184. The van der Waals surface area contributed by atoms with Gasteiger partial charge in [0.05, 0.1) is 0 Å². The zero-order chi connectivity index (χ0) is 8.69. The molecule has 4 heteroatoms. The van der Waals surface area contributed by atoms with Crippen molar-refractivity contribution in [1.82, 2.24) is 5.32 Å². The normalized spacial score (nSPS) is 9.91. The van der Waals surface area contributed by atoms with Crippen LogP contribution in [0.15, 0.2) is 12.2 Å². The molecular formula is C7H12N2O2. The van der Waals surface area contributed by atoms with Crippen LogP contribution >= 0.6 is 0 Å². The quantitative estimate of drug-likeness (QED) is 0.541. The third-order valence-corrected chi connectivity index (χ3v) is 0.989. The van der Waals surface area contributed by atoms with E-state index in [0.717, 1.165) is 0 Å². The lowest BCUT2D eigenvalue weighted by atomic mass is 10.4. The summed E-state index contributed by atoms with van der Waals surface area (Å²) in [4.78, 5) is 20.9. The summed E-state index contributed by atoms with van der Waals surface area (Å²) >= 11 is 0. The molecule has 0 aliphatic carbocycles. The first-order valence-corrected chi connectivity index (χ1v) is 3.35. The summed E-state index contributed by atoms with van der Waals surface area (Å²) in [5.41, 5.74) is 4.84. The molecule has 3 N–H and O–H groups in total. The highest BCUT2D eigenvalue weighted by Gasteiger charge is 1.95. The Labute approximate surface area is 65.5 Å². The van der Waals surface area contributed by atoms with Gasteiger partial charge in [-0.15, -0.1) is 0 Å². The van der Waals surface area contributed by atoms with Gasteiger partial charge in [0.15, 0.2) is 0 Å². The highest BCUT2D eigenvalue weighted by molar-refractivity contribution is 5.87. The van der Waals surface area contributed by atoms with Gasteiger partial charge in [0.25, 0.3) is 0 Å². The Morgan fingerprint density at radius 3 is 2.64 bits per heavy atom. The lowest BCUT2D eigenvalue weighted by Gasteiger charge is -1.97. The number of primary amides is 1. The van der Waals surface area contributed by atoms with Crippen LogP contribution in [0.25, 0.3) is 0 Å². The molecular weight excluding hydrogens is 144 g/mol. The Balaban J connectivity index is 3.39. The minimum atomic E-state index is -0.411. The van der Waals surface area contributed by atoms with Crippen LogP contribution in [0.5, 0.6) is 0 Å². The van der Waals surface area contributed by atoms with E-state index in [4.69, 9.17) is 5.73 Å². The smallest absolute Gasteiger partial charge is 0.243 e. The van der Waals surface area contributed by atoms with Gasteiger partial charge >= 0.3 is 0 Å². The van der Waals surface area contributed by atoms with Gasteiger partial charge in [0.2, 0.25) is 11.8 Å². The molecule has 0 fully saturated rings. The number of nitrogens with two attached hydrogens (primary N) is 1. The van der Waals surface area contributed by atoms with E-state index in [0.29, 0.717) is 6.54 Å². The lowest BCUT2D eigenvalue weighted by Crippen LogP contribution is -2.26. The predicted octanol–water partition coefficient (Wildman–Crippen LogP) is -0.446. The average molecular weight is 156 g/mol. The van der Waals surface area contributed by atoms with Crippen molar-refractivity contribution >= 4 is 11.8 Å². The first-order chi connectivity index (χ1) is 5.16. The first kappa shape index (κ1) is 9.68. The third kappa shape index (κ3) is 6.57. The highest BCUT2D eigenvalue weighted by atomic mass is 16.2. The second-order valence-corrected chi connectivity index (χ2v) is 2.01. The van der Waals surface area contributed by atoms with E-state index >= 15 is 0 Å². The van der Waals surface area contributed by atoms with Crippen molar-refractivity contribution in [1.29, 1.82) is 0 Å². The van der Waals surface area contributed by atoms with E-state index in [-0.39, 0.29) is 12.3 Å². The van der Waals surface area contributed by atoms with Crippen molar-refractivity contribution in [3.8, 4) is 0 Å². The van der Waals surface area contributed by atoms with Gasteiger partial charge in [0.1, 0.15) is 0 Å². The van der Waals surface area contributed by atoms with E-state index in [9.17, 15) is 9.59 Å². The number of carbonyl (C=O) groups is 2. The lowest BCUT2D eigenvalue weighted by molar-refractivity contribution is -0.118. The van der Waals surface area contributed by atoms with Crippen LogP contribution in [0.1, 0.15) is 13.3 Å². The van der Waals surface area contributed by atoms with Crippen LogP contribution in [0.4, 0.5) is 0 Å². The van der Waals surface area contributed by atoms with Crippen molar-refractivity contribution in [2.45, 2.75) is 13.3 Å². The molecule has 11 heavy (non-hydrogen) atoms. The number of carbonyl (C=O) groups excluding carboxylic acids is 2. The Morgan fingerprint density at radius 2 is 2.18 bits per heavy atom. The van der Waals surface area contributed by atoms with Gasteiger partial charge in [-0.2, -0.15) is 0 Å². The number of amides is 2. The standard InChI is InChI=1S/C7H12N2O2/c1-2-3-7(11)9-5-4-6(8)10/h2-3H,4-5H2,1H3,(H2,8,10)(H,9,11). The van der Waals surface area contributed by atoms with Gasteiger partial charge < -0.3 is 11.1 Å². The second-order valence-electron chi connectivity index (χ2n) is 2.01. The van der Waals surface area contributed by atoms with E-state index in [1.165, 1.54) is 6.08 Å². The molecule has 0 saturated heterocycles. The van der Waals surface area contributed by atoms with Crippen LogP contribution in [-0.2, 0) is 9.59 Å². The maximum Gasteiger partial charge on any atom is 0.243 e.